The van der Waals surface area contributed by atoms with Gasteiger partial charge in [-0.05, 0) is 18.4 Å². The zero-order valence-corrected chi connectivity index (χ0v) is 11.4. The number of nitrogens with zero attached hydrogens (tertiary/aromatic N) is 1. The summed E-state index contributed by atoms with van der Waals surface area (Å²) < 4.78 is 0. The molecule has 1 unspecified atom stereocenters. The lowest BCUT2D eigenvalue weighted by Gasteiger charge is -2.23. The second-order valence-corrected chi connectivity index (χ2v) is 4.32. The van der Waals surface area contributed by atoms with Gasteiger partial charge in [0, 0.05) is 13.6 Å². The van der Waals surface area contributed by atoms with E-state index >= 15 is 0 Å². The molecule has 2 N–H and O–H groups in total. The summed E-state index contributed by atoms with van der Waals surface area (Å²) in [7, 11) is 1.80. The van der Waals surface area contributed by atoms with Crippen molar-refractivity contribution in [1.29, 1.82) is 0 Å². The molecule has 17 heavy (non-hydrogen) atoms. The molecule has 1 rings (SSSR count). The molecule has 0 radical (unpaired) electrons. The van der Waals surface area contributed by atoms with Gasteiger partial charge >= 0.3 is 0 Å². The molecular formula is C13H21ClN2O. The lowest BCUT2D eigenvalue weighted by molar-refractivity contribution is -0.131. The largest absolute Gasteiger partial charge is 0.344 e. The molecule has 0 fully saturated rings. The molecule has 0 aromatic heterocycles. The highest BCUT2D eigenvalue weighted by atomic mass is 35.5. The third kappa shape index (κ3) is 4.75. The molecule has 96 valence electrons. The highest BCUT2D eigenvalue weighted by Crippen LogP contribution is 2.15. The van der Waals surface area contributed by atoms with Crippen molar-refractivity contribution in [1.82, 2.24) is 4.90 Å². The third-order valence-corrected chi connectivity index (χ3v) is 2.68. The average Bonchev–Trinajstić information content (AvgIpc) is 2.28. The Morgan fingerprint density at radius 2 is 1.82 bits per heavy atom. The number of hydrogen-bond acceptors (Lipinski definition) is 2. The Bertz CT molecular complexity index is 341. The van der Waals surface area contributed by atoms with Gasteiger partial charge in [-0.15, -0.1) is 12.4 Å². The Kier molecular flexibility index (Phi) is 6.85. The van der Waals surface area contributed by atoms with Crippen LogP contribution in [0.1, 0.15) is 25.3 Å². The van der Waals surface area contributed by atoms with Gasteiger partial charge in [-0.2, -0.15) is 0 Å². The Morgan fingerprint density at radius 3 is 2.29 bits per heavy atom. The zero-order chi connectivity index (χ0) is 12.1. The molecule has 1 aromatic carbocycles. The Labute approximate surface area is 109 Å². The summed E-state index contributed by atoms with van der Waals surface area (Å²) >= 11 is 0. The third-order valence-electron chi connectivity index (χ3n) is 2.68. The summed E-state index contributed by atoms with van der Waals surface area (Å²) in [5.74, 6) is 0.316. The van der Waals surface area contributed by atoms with Crippen molar-refractivity contribution in [3.8, 4) is 0 Å². The van der Waals surface area contributed by atoms with E-state index in [1.807, 2.05) is 18.2 Å². The van der Waals surface area contributed by atoms with Crippen LogP contribution in [0.15, 0.2) is 30.3 Å². The topological polar surface area (TPSA) is 46.3 Å². The maximum atomic E-state index is 11.6. The first-order chi connectivity index (χ1) is 7.52. The quantitative estimate of drug-likeness (QED) is 0.896. The lowest BCUT2D eigenvalue weighted by Crippen LogP contribution is -2.41. The number of halogens is 1. The fourth-order valence-electron chi connectivity index (χ4n) is 1.74. The van der Waals surface area contributed by atoms with Crippen LogP contribution in [0.5, 0.6) is 0 Å². The number of amides is 1. The maximum Gasteiger partial charge on any atom is 0.238 e. The minimum atomic E-state index is -0.423. The van der Waals surface area contributed by atoms with Crippen LogP contribution >= 0.6 is 12.4 Å². The van der Waals surface area contributed by atoms with Crippen molar-refractivity contribution in [3.05, 3.63) is 35.9 Å². The molecule has 0 saturated carbocycles. The van der Waals surface area contributed by atoms with E-state index in [2.05, 4.69) is 19.1 Å². The van der Waals surface area contributed by atoms with Crippen molar-refractivity contribution >= 4 is 18.3 Å². The molecule has 4 heteroatoms. The van der Waals surface area contributed by atoms with E-state index in [0.29, 0.717) is 12.5 Å². The van der Waals surface area contributed by atoms with Gasteiger partial charge in [-0.25, -0.2) is 0 Å². The van der Waals surface area contributed by atoms with E-state index in [0.717, 1.165) is 0 Å². The Balaban J connectivity index is 0.00000256. The summed E-state index contributed by atoms with van der Waals surface area (Å²) in [5.41, 5.74) is 6.80. The van der Waals surface area contributed by atoms with Gasteiger partial charge in [0.25, 0.3) is 0 Å². The van der Waals surface area contributed by atoms with Gasteiger partial charge in [0.1, 0.15) is 0 Å². The molecule has 0 saturated heterocycles. The van der Waals surface area contributed by atoms with Crippen molar-refractivity contribution in [3.63, 3.8) is 0 Å². The van der Waals surface area contributed by atoms with E-state index in [1.54, 1.807) is 18.9 Å². The average molecular weight is 257 g/mol. The van der Waals surface area contributed by atoms with E-state index in [1.165, 1.54) is 5.56 Å². The smallest absolute Gasteiger partial charge is 0.238 e. The minimum absolute atomic E-state index is 0. The van der Waals surface area contributed by atoms with Crippen molar-refractivity contribution in [2.45, 2.75) is 25.8 Å². The van der Waals surface area contributed by atoms with Crippen molar-refractivity contribution in [2.75, 3.05) is 13.6 Å². The fraction of sp³-hybridized carbons (Fsp3) is 0.462. The van der Waals surface area contributed by atoms with Crippen molar-refractivity contribution < 1.29 is 4.79 Å². The summed E-state index contributed by atoms with van der Waals surface area (Å²) in [4.78, 5) is 13.3. The normalized spacial score (nSPS) is 13.4. The second-order valence-electron chi connectivity index (χ2n) is 4.32. The SMILES string of the molecule is CC(CN(C)C(=O)[C@@H](C)N)c1ccccc1.Cl. The maximum absolute atomic E-state index is 11.6. The zero-order valence-electron chi connectivity index (χ0n) is 10.6. The van der Waals surface area contributed by atoms with Gasteiger partial charge in [-0.3, -0.25) is 4.79 Å². The number of nitrogens with two attached hydrogens (primary N) is 1. The Hall–Kier alpha value is -1.06. The van der Waals surface area contributed by atoms with Gasteiger partial charge in [0.15, 0.2) is 0 Å². The predicted molar refractivity (Wildman–Crippen MR) is 73.4 cm³/mol. The molecule has 0 aliphatic rings. The van der Waals surface area contributed by atoms with Crippen LogP contribution in [0.25, 0.3) is 0 Å². The van der Waals surface area contributed by atoms with Crippen LogP contribution in [-0.2, 0) is 4.79 Å². The highest BCUT2D eigenvalue weighted by Gasteiger charge is 2.16. The van der Waals surface area contributed by atoms with E-state index < -0.39 is 6.04 Å². The van der Waals surface area contributed by atoms with Gasteiger partial charge in [0.2, 0.25) is 5.91 Å². The first kappa shape index (κ1) is 15.9. The monoisotopic (exact) mass is 256 g/mol. The highest BCUT2D eigenvalue weighted by molar-refractivity contribution is 5.85. The first-order valence-corrected chi connectivity index (χ1v) is 5.58. The fourth-order valence-corrected chi connectivity index (χ4v) is 1.74. The lowest BCUT2D eigenvalue weighted by atomic mass is 10.0. The molecule has 3 nitrogen and oxygen atoms in total. The van der Waals surface area contributed by atoms with Crippen LogP contribution < -0.4 is 5.73 Å². The summed E-state index contributed by atoms with van der Waals surface area (Å²) in [6.07, 6.45) is 0. The molecule has 2 atom stereocenters. The van der Waals surface area contributed by atoms with E-state index in [-0.39, 0.29) is 18.3 Å². The molecule has 0 spiro atoms. The number of carbonyl (C=O) groups is 1. The van der Waals surface area contributed by atoms with E-state index in [4.69, 9.17) is 5.73 Å². The number of hydrogen-bond donors (Lipinski definition) is 1. The van der Waals surface area contributed by atoms with Crippen molar-refractivity contribution in [2.24, 2.45) is 5.73 Å². The molecular weight excluding hydrogens is 236 g/mol. The minimum Gasteiger partial charge on any atom is -0.344 e. The standard InChI is InChI=1S/C13H20N2O.ClH/c1-10(12-7-5-4-6-8-12)9-15(3)13(16)11(2)14;/h4-8,10-11H,9,14H2,1-3H3;1H/t10?,11-;/m1./s1. The molecule has 0 bridgehead atoms. The molecule has 0 aliphatic carbocycles. The number of rotatable bonds is 4. The summed E-state index contributed by atoms with van der Waals surface area (Å²) in [5, 5.41) is 0. The first-order valence-electron chi connectivity index (χ1n) is 5.58. The van der Waals surface area contributed by atoms with E-state index in [9.17, 15) is 4.79 Å². The van der Waals surface area contributed by atoms with Crippen LogP contribution in [0.2, 0.25) is 0 Å². The van der Waals surface area contributed by atoms with Crippen LogP contribution in [-0.4, -0.2) is 30.4 Å². The number of likely N-dealkylation sites (N-methyl/N-ethyl adjacent to an activating group) is 1. The summed E-state index contributed by atoms with van der Waals surface area (Å²) in [6.45, 7) is 4.52. The number of carbonyl (C=O) groups excluding carboxylic acids is 1. The van der Waals surface area contributed by atoms with Crippen LogP contribution in [0, 0.1) is 0 Å². The predicted octanol–water partition coefficient (Wildman–Crippen LogP) is 2.02. The second kappa shape index (κ2) is 7.30. The van der Waals surface area contributed by atoms with Gasteiger partial charge < -0.3 is 10.6 Å². The molecule has 1 aromatic rings. The Morgan fingerprint density at radius 1 is 1.29 bits per heavy atom. The summed E-state index contributed by atoms with van der Waals surface area (Å²) in [6, 6.07) is 9.75. The number of benzene rings is 1. The molecule has 0 heterocycles. The molecule has 0 aliphatic heterocycles. The van der Waals surface area contributed by atoms with Gasteiger partial charge in [0.05, 0.1) is 6.04 Å². The molecule has 1 amide bonds. The van der Waals surface area contributed by atoms with Crippen LogP contribution in [0.3, 0.4) is 0 Å². The van der Waals surface area contributed by atoms with Gasteiger partial charge in [-0.1, -0.05) is 37.3 Å². The van der Waals surface area contributed by atoms with Crippen LogP contribution in [0.4, 0.5) is 0 Å².